The summed E-state index contributed by atoms with van der Waals surface area (Å²) in [4.78, 5) is 24.4. The summed E-state index contributed by atoms with van der Waals surface area (Å²) < 4.78 is 12.3. The lowest BCUT2D eigenvalue weighted by molar-refractivity contribution is -0.135. The SMILES string of the molecule is CC[C@@]1(O)CNC[C@@H](C(=O)N[C@H](C#N)Cc2ccc(-c3ccc4oc(=O)n(C)c4c3)cc2)OC1. The van der Waals surface area contributed by atoms with Crippen LogP contribution in [0.2, 0.25) is 0 Å². The fraction of sp³-hybridized carbons (Fsp3) is 0.400. The number of β-amino-alcohol motifs (C(OH)–C–C–N with tert-alkyl or cyclic N) is 1. The molecule has 1 amide bonds. The third kappa shape index (κ3) is 5.04. The monoisotopic (exact) mass is 464 g/mol. The highest BCUT2D eigenvalue weighted by Gasteiger charge is 2.33. The molecule has 3 aromatic rings. The Morgan fingerprint density at radius 1 is 1.32 bits per heavy atom. The van der Waals surface area contributed by atoms with Gasteiger partial charge >= 0.3 is 5.76 Å². The molecule has 178 valence electrons. The van der Waals surface area contributed by atoms with Gasteiger partial charge in [0.1, 0.15) is 17.7 Å². The summed E-state index contributed by atoms with van der Waals surface area (Å²) >= 11 is 0. The molecule has 0 radical (unpaired) electrons. The molecule has 0 saturated carbocycles. The number of fused-ring (bicyclic) bond motifs is 1. The summed E-state index contributed by atoms with van der Waals surface area (Å²) in [7, 11) is 1.66. The van der Waals surface area contributed by atoms with Crippen molar-refractivity contribution in [1.82, 2.24) is 15.2 Å². The summed E-state index contributed by atoms with van der Waals surface area (Å²) in [6.45, 7) is 2.55. The highest BCUT2D eigenvalue weighted by molar-refractivity contribution is 5.82. The van der Waals surface area contributed by atoms with Crippen LogP contribution in [0.4, 0.5) is 0 Å². The van der Waals surface area contributed by atoms with E-state index in [2.05, 4.69) is 16.7 Å². The van der Waals surface area contributed by atoms with Gasteiger partial charge in [-0.25, -0.2) is 4.79 Å². The number of carbonyl (C=O) groups excluding carboxylic acids is 1. The Hall–Kier alpha value is -3.45. The smallest absolute Gasteiger partial charge is 0.408 e. The zero-order valence-corrected chi connectivity index (χ0v) is 19.2. The van der Waals surface area contributed by atoms with Crippen LogP contribution in [0.5, 0.6) is 0 Å². The Bertz CT molecular complexity index is 1270. The van der Waals surface area contributed by atoms with Crippen LogP contribution >= 0.6 is 0 Å². The quantitative estimate of drug-likeness (QED) is 0.504. The number of hydrogen-bond acceptors (Lipinski definition) is 7. The molecule has 2 aromatic carbocycles. The van der Waals surface area contributed by atoms with Crippen molar-refractivity contribution in [2.45, 2.75) is 37.5 Å². The van der Waals surface area contributed by atoms with Crippen LogP contribution < -0.4 is 16.4 Å². The molecule has 4 rings (SSSR count). The van der Waals surface area contributed by atoms with E-state index in [1.165, 1.54) is 4.57 Å². The zero-order valence-electron chi connectivity index (χ0n) is 19.2. The van der Waals surface area contributed by atoms with Crippen molar-refractivity contribution in [3.63, 3.8) is 0 Å². The summed E-state index contributed by atoms with van der Waals surface area (Å²) in [6.07, 6.45) is 0.0865. The number of nitriles is 1. The van der Waals surface area contributed by atoms with Gasteiger partial charge in [-0.15, -0.1) is 0 Å². The van der Waals surface area contributed by atoms with Crippen LogP contribution in [0.25, 0.3) is 22.2 Å². The van der Waals surface area contributed by atoms with E-state index in [-0.39, 0.29) is 19.1 Å². The predicted molar refractivity (Wildman–Crippen MR) is 126 cm³/mol. The summed E-state index contributed by atoms with van der Waals surface area (Å²) in [6, 6.07) is 14.7. The predicted octanol–water partition coefficient (Wildman–Crippen LogP) is 1.48. The van der Waals surface area contributed by atoms with E-state index in [0.29, 0.717) is 30.5 Å². The number of aliphatic hydroxyl groups is 1. The molecule has 0 aliphatic carbocycles. The minimum Gasteiger partial charge on any atom is -0.408 e. The third-order valence-corrected chi connectivity index (χ3v) is 6.28. The standard InChI is InChI=1S/C25H28N4O5/c1-3-25(32)14-27-13-22(33-15-25)23(30)28-19(12-26)10-16-4-6-17(7-5-16)18-8-9-21-20(11-18)29(2)24(31)34-21/h4-9,11,19,22,27,32H,3,10,13-15H2,1-2H3,(H,28,30)/t19-,22-,25+/m0/s1. The molecule has 9 nitrogen and oxygen atoms in total. The van der Waals surface area contributed by atoms with Gasteiger partial charge in [0.25, 0.3) is 5.91 Å². The fourth-order valence-electron chi connectivity index (χ4n) is 3.97. The average molecular weight is 465 g/mol. The number of amides is 1. The Labute approximate surface area is 196 Å². The van der Waals surface area contributed by atoms with Crippen molar-refractivity contribution < 1.29 is 19.1 Å². The van der Waals surface area contributed by atoms with Crippen LogP contribution in [0.15, 0.2) is 51.7 Å². The number of nitrogens with zero attached hydrogens (tertiary/aromatic N) is 2. The molecule has 0 bridgehead atoms. The highest BCUT2D eigenvalue weighted by atomic mass is 16.5. The molecular weight excluding hydrogens is 436 g/mol. The van der Waals surface area contributed by atoms with Gasteiger partial charge in [0.15, 0.2) is 5.58 Å². The van der Waals surface area contributed by atoms with Crippen LogP contribution in [-0.2, 0) is 23.0 Å². The van der Waals surface area contributed by atoms with Gasteiger partial charge in [0.05, 0.1) is 18.2 Å². The molecule has 1 fully saturated rings. The number of aromatic nitrogens is 1. The van der Waals surface area contributed by atoms with E-state index < -0.39 is 23.5 Å². The molecule has 9 heteroatoms. The molecule has 1 aliphatic rings. The van der Waals surface area contributed by atoms with E-state index in [0.717, 1.165) is 16.7 Å². The minimum absolute atomic E-state index is 0.0615. The van der Waals surface area contributed by atoms with E-state index in [4.69, 9.17) is 9.15 Å². The lowest BCUT2D eigenvalue weighted by atomic mass is 10.0. The van der Waals surface area contributed by atoms with Crippen LogP contribution in [0, 0.1) is 11.3 Å². The summed E-state index contributed by atoms with van der Waals surface area (Å²) in [5.74, 6) is -0.784. The average Bonchev–Trinajstić information content (AvgIpc) is 3.00. The Morgan fingerprint density at radius 2 is 2.06 bits per heavy atom. The Balaban J connectivity index is 1.40. The van der Waals surface area contributed by atoms with Crippen molar-refractivity contribution in [1.29, 1.82) is 5.26 Å². The molecule has 0 spiro atoms. The van der Waals surface area contributed by atoms with Crippen molar-refractivity contribution in [2.75, 3.05) is 19.7 Å². The van der Waals surface area contributed by atoms with Crippen molar-refractivity contribution in [3.8, 4) is 17.2 Å². The first kappa shape index (κ1) is 23.7. The van der Waals surface area contributed by atoms with Crippen LogP contribution in [0.1, 0.15) is 18.9 Å². The van der Waals surface area contributed by atoms with Gasteiger partial charge in [-0.1, -0.05) is 37.3 Å². The fourth-order valence-corrected chi connectivity index (χ4v) is 3.97. The van der Waals surface area contributed by atoms with Crippen molar-refractivity contribution >= 4 is 17.0 Å². The minimum atomic E-state index is -0.998. The first-order valence-corrected chi connectivity index (χ1v) is 11.3. The first-order chi connectivity index (χ1) is 16.3. The second-order valence-corrected chi connectivity index (χ2v) is 8.71. The molecule has 3 atom stereocenters. The lowest BCUT2D eigenvalue weighted by Gasteiger charge is -2.24. The number of ether oxygens (including phenoxy) is 1. The Morgan fingerprint density at radius 3 is 2.76 bits per heavy atom. The Kier molecular flexibility index (Phi) is 6.84. The summed E-state index contributed by atoms with van der Waals surface area (Å²) in [5, 5.41) is 25.7. The van der Waals surface area contributed by atoms with Crippen LogP contribution in [-0.4, -0.2) is 53.0 Å². The van der Waals surface area contributed by atoms with E-state index in [1.54, 1.807) is 13.1 Å². The number of carbonyl (C=O) groups is 1. The normalized spacial score (nSPS) is 21.5. The largest absolute Gasteiger partial charge is 0.419 e. The van der Waals surface area contributed by atoms with E-state index in [1.807, 2.05) is 43.3 Å². The van der Waals surface area contributed by atoms with Gasteiger partial charge < -0.3 is 24.9 Å². The van der Waals surface area contributed by atoms with Gasteiger partial charge in [0.2, 0.25) is 0 Å². The second kappa shape index (κ2) is 9.81. The highest BCUT2D eigenvalue weighted by Crippen LogP contribution is 2.24. The maximum Gasteiger partial charge on any atom is 0.419 e. The van der Waals surface area contributed by atoms with Crippen molar-refractivity contribution in [3.05, 3.63) is 58.6 Å². The number of nitrogens with one attached hydrogen (secondary N) is 2. The maximum atomic E-state index is 12.6. The number of hydrogen-bond donors (Lipinski definition) is 3. The molecule has 2 heterocycles. The van der Waals surface area contributed by atoms with E-state index in [9.17, 15) is 20.0 Å². The van der Waals surface area contributed by atoms with Gasteiger partial charge in [-0.2, -0.15) is 5.26 Å². The van der Waals surface area contributed by atoms with Crippen molar-refractivity contribution in [2.24, 2.45) is 7.05 Å². The lowest BCUT2D eigenvalue weighted by Crippen LogP contribution is -2.46. The van der Waals surface area contributed by atoms with Crippen LogP contribution in [0.3, 0.4) is 0 Å². The maximum absolute atomic E-state index is 12.6. The summed E-state index contributed by atoms with van der Waals surface area (Å²) in [5.41, 5.74) is 3.04. The first-order valence-electron chi connectivity index (χ1n) is 11.3. The number of rotatable bonds is 6. The number of oxazole rings is 1. The van der Waals surface area contributed by atoms with Gasteiger partial charge in [0, 0.05) is 26.6 Å². The van der Waals surface area contributed by atoms with Gasteiger partial charge in [-0.3, -0.25) is 9.36 Å². The molecule has 0 unspecified atom stereocenters. The number of benzene rings is 2. The second-order valence-electron chi connectivity index (χ2n) is 8.71. The molecule has 1 aromatic heterocycles. The topological polar surface area (TPSA) is 130 Å². The third-order valence-electron chi connectivity index (χ3n) is 6.28. The molecule has 3 N–H and O–H groups in total. The zero-order chi connectivity index (χ0) is 24.3. The molecule has 34 heavy (non-hydrogen) atoms. The van der Waals surface area contributed by atoms with Gasteiger partial charge in [-0.05, 0) is 35.2 Å². The van der Waals surface area contributed by atoms with E-state index >= 15 is 0 Å². The number of aryl methyl sites for hydroxylation is 1. The molecule has 1 saturated heterocycles. The molecule has 1 aliphatic heterocycles. The molecular formula is C25H28N4O5.